The Kier molecular flexibility index (Phi) is 4.24. The van der Waals surface area contributed by atoms with Gasteiger partial charge in [0.1, 0.15) is 11.9 Å². The van der Waals surface area contributed by atoms with Crippen LogP contribution in [0, 0.1) is 13.8 Å². The number of urea groups is 1. The maximum Gasteiger partial charge on any atom is 0.326 e. The van der Waals surface area contributed by atoms with Crippen LogP contribution in [0.15, 0.2) is 42.5 Å². The summed E-state index contributed by atoms with van der Waals surface area (Å²) in [5.74, 6) is 0.765. The molecule has 2 aromatic carbocycles. The molecular weight excluding hydrogens is 288 g/mol. The molecule has 0 aliphatic carbocycles. The molecule has 0 saturated heterocycles. The fourth-order valence-corrected chi connectivity index (χ4v) is 2.76. The number of carbonyl (C=O) groups excluding carboxylic acids is 1. The van der Waals surface area contributed by atoms with Crippen LogP contribution in [-0.2, 0) is 0 Å². The van der Waals surface area contributed by atoms with E-state index in [9.17, 15) is 4.79 Å². The van der Waals surface area contributed by atoms with Gasteiger partial charge >= 0.3 is 6.03 Å². The molecule has 0 fully saturated rings. The van der Waals surface area contributed by atoms with Crippen LogP contribution < -0.4 is 15.0 Å². The van der Waals surface area contributed by atoms with E-state index in [1.165, 1.54) is 0 Å². The summed E-state index contributed by atoms with van der Waals surface area (Å²) in [5.41, 5.74) is 3.85. The van der Waals surface area contributed by atoms with Gasteiger partial charge in [0.15, 0.2) is 0 Å². The zero-order valence-corrected chi connectivity index (χ0v) is 13.8. The SMILES string of the molecule is CC[C@H]1CN(C(=O)Nc2cc(C)ccc2C)c2ccccc2O1. The van der Waals surface area contributed by atoms with Crippen molar-refractivity contribution in [1.82, 2.24) is 0 Å². The number of nitrogens with one attached hydrogen (secondary N) is 1. The third-order valence-corrected chi connectivity index (χ3v) is 4.17. The van der Waals surface area contributed by atoms with E-state index in [0.717, 1.165) is 34.7 Å². The van der Waals surface area contributed by atoms with E-state index in [2.05, 4.69) is 12.2 Å². The molecule has 23 heavy (non-hydrogen) atoms. The predicted octanol–water partition coefficient (Wildman–Crippen LogP) is 4.51. The number of hydrogen-bond acceptors (Lipinski definition) is 2. The van der Waals surface area contributed by atoms with Gasteiger partial charge < -0.3 is 10.1 Å². The van der Waals surface area contributed by atoms with Crippen molar-refractivity contribution in [3.63, 3.8) is 0 Å². The fraction of sp³-hybridized carbons (Fsp3) is 0.316. The average molecular weight is 310 g/mol. The molecule has 0 spiro atoms. The van der Waals surface area contributed by atoms with Crippen molar-refractivity contribution in [2.24, 2.45) is 0 Å². The van der Waals surface area contributed by atoms with Gasteiger partial charge in [-0.3, -0.25) is 4.90 Å². The monoisotopic (exact) mass is 310 g/mol. The van der Waals surface area contributed by atoms with E-state index < -0.39 is 0 Å². The first kappa shape index (κ1) is 15.4. The molecule has 1 N–H and O–H groups in total. The third kappa shape index (κ3) is 3.16. The molecule has 4 heteroatoms. The summed E-state index contributed by atoms with van der Waals surface area (Å²) in [6.07, 6.45) is 0.885. The summed E-state index contributed by atoms with van der Waals surface area (Å²) >= 11 is 0. The number of nitrogens with zero attached hydrogens (tertiary/aromatic N) is 1. The van der Waals surface area contributed by atoms with Crippen molar-refractivity contribution in [3.8, 4) is 5.75 Å². The standard InChI is InChI=1S/C19H22N2O2/c1-4-15-12-21(17-7-5-6-8-18(17)23-15)19(22)20-16-11-13(2)9-10-14(16)3/h5-11,15H,4,12H2,1-3H3,(H,20,22)/t15-/m0/s1. The lowest BCUT2D eigenvalue weighted by molar-refractivity contribution is 0.188. The van der Waals surface area contributed by atoms with E-state index in [1.807, 2.05) is 56.3 Å². The first-order valence-electron chi connectivity index (χ1n) is 8.00. The minimum Gasteiger partial charge on any atom is -0.486 e. The minimum absolute atomic E-state index is 0.0225. The Morgan fingerprint density at radius 3 is 2.83 bits per heavy atom. The van der Waals surface area contributed by atoms with Gasteiger partial charge in [0.25, 0.3) is 0 Å². The lowest BCUT2D eigenvalue weighted by Crippen LogP contribution is -2.45. The number of aryl methyl sites for hydroxylation is 2. The lowest BCUT2D eigenvalue weighted by atomic mass is 10.1. The van der Waals surface area contributed by atoms with Crippen molar-refractivity contribution in [2.75, 3.05) is 16.8 Å². The second-order valence-electron chi connectivity index (χ2n) is 5.97. The Morgan fingerprint density at radius 1 is 1.26 bits per heavy atom. The second-order valence-corrected chi connectivity index (χ2v) is 5.97. The van der Waals surface area contributed by atoms with Crippen LogP contribution in [-0.4, -0.2) is 18.7 Å². The molecule has 0 radical (unpaired) electrons. The van der Waals surface area contributed by atoms with Gasteiger partial charge in [0.05, 0.1) is 12.2 Å². The predicted molar refractivity (Wildman–Crippen MR) is 93.4 cm³/mol. The van der Waals surface area contributed by atoms with Crippen LogP contribution in [0.2, 0.25) is 0 Å². The summed E-state index contributed by atoms with van der Waals surface area (Å²) in [7, 11) is 0. The molecule has 0 aromatic heterocycles. The quantitative estimate of drug-likeness (QED) is 0.886. The number of rotatable bonds is 2. The highest BCUT2D eigenvalue weighted by molar-refractivity contribution is 6.03. The van der Waals surface area contributed by atoms with E-state index in [4.69, 9.17) is 4.74 Å². The van der Waals surface area contributed by atoms with Crippen molar-refractivity contribution >= 4 is 17.4 Å². The highest BCUT2D eigenvalue weighted by atomic mass is 16.5. The maximum atomic E-state index is 12.8. The fourth-order valence-electron chi connectivity index (χ4n) is 2.76. The van der Waals surface area contributed by atoms with Gasteiger partial charge in [-0.15, -0.1) is 0 Å². The number of ether oxygens (including phenoxy) is 1. The van der Waals surface area contributed by atoms with Gasteiger partial charge in [-0.2, -0.15) is 0 Å². The number of hydrogen-bond donors (Lipinski definition) is 1. The number of amides is 2. The van der Waals surface area contributed by atoms with Gasteiger partial charge in [0, 0.05) is 5.69 Å². The zero-order chi connectivity index (χ0) is 16.4. The summed E-state index contributed by atoms with van der Waals surface area (Å²) in [6, 6.07) is 13.6. The van der Waals surface area contributed by atoms with E-state index >= 15 is 0 Å². The molecule has 1 atom stereocenters. The Labute approximate surface area is 137 Å². The van der Waals surface area contributed by atoms with Crippen molar-refractivity contribution in [3.05, 3.63) is 53.6 Å². The first-order valence-corrected chi connectivity index (χ1v) is 8.00. The van der Waals surface area contributed by atoms with Gasteiger partial charge in [-0.1, -0.05) is 31.2 Å². The van der Waals surface area contributed by atoms with Gasteiger partial charge in [-0.05, 0) is 49.6 Å². The van der Waals surface area contributed by atoms with E-state index in [-0.39, 0.29) is 12.1 Å². The lowest BCUT2D eigenvalue weighted by Gasteiger charge is -2.34. The van der Waals surface area contributed by atoms with Crippen molar-refractivity contribution in [1.29, 1.82) is 0 Å². The molecule has 4 nitrogen and oxygen atoms in total. The molecule has 1 aliphatic heterocycles. The minimum atomic E-state index is -0.118. The molecule has 120 valence electrons. The largest absolute Gasteiger partial charge is 0.486 e. The van der Waals surface area contributed by atoms with Crippen molar-refractivity contribution < 1.29 is 9.53 Å². The summed E-state index contributed by atoms with van der Waals surface area (Å²) in [4.78, 5) is 14.6. The number of carbonyl (C=O) groups is 1. The average Bonchev–Trinajstić information content (AvgIpc) is 2.57. The zero-order valence-electron chi connectivity index (χ0n) is 13.8. The normalized spacial score (nSPS) is 16.5. The number of fused-ring (bicyclic) bond motifs is 1. The van der Waals surface area contributed by atoms with Crippen LogP contribution in [0.5, 0.6) is 5.75 Å². The first-order chi connectivity index (χ1) is 11.1. The number of benzene rings is 2. The summed E-state index contributed by atoms with van der Waals surface area (Å²) in [6.45, 7) is 6.65. The summed E-state index contributed by atoms with van der Waals surface area (Å²) in [5, 5.41) is 3.04. The van der Waals surface area contributed by atoms with E-state index in [1.54, 1.807) is 4.90 Å². The summed E-state index contributed by atoms with van der Waals surface area (Å²) < 4.78 is 5.93. The van der Waals surface area contributed by atoms with Gasteiger partial charge in [-0.25, -0.2) is 4.79 Å². The molecule has 3 rings (SSSR count). The van der Waals surface area contributed by atoms with Crippen LogP contribution >= 0.6 is 0 Å². The molecule has 0 unspecified atom stereocenters. The molecule has 2 aromatic rings. The van der Waals surface area contributed by atoms with Crippen LogP contribution in [0.4, 0.5) is 16.2 Å². The molecule has 2 amide bonds. The second kappa shape index (κ2) is 6.32. The smallest absolute Gasteiger partial charge is 0.326 e. The Bertz CT molecular complexity index is 727. The highest BCUT2D eigenvalue weighted by Crippen LogP contribution is 2.34. The van der Waals surface area contributed by atoms with Crippen molar-refractivity contribution in [2.45, 2.75) is 33.3 Å². The maximum absolute atomic E-state index is 12.8. The topological polar surface area (TPSA) is 41.6 Å². The van der Waals surface area contributed by atoms with Gasteiger partial charge in [0.2, 0.25) is 0 Å². The molecule has 1 aliphatic rings. The van der Waals surface area contributed by atoms with Crippen LogP contribution in [0.1, 0.15) is 24.5 Å². The molecule has 1 heterocycles. The Balaban J connectivity index is 1.88. The number of anilines is 2. The van der Waals surface area contributed by atoms with Crippen LogP contribution in [0.25, 0.3) is 0 Å². The number of para-hydroxylation sites is 2. The Hall–Kier alpha value is -2.49. The molecule has 0 saturated carbocycles. The molecule has 0 bridgehead atoms. The van der Waals surface area contributed by atoms with E-state index in [0.29, 0.717) is 6.54 Å². The highest BCUT2D eigenvalue weighted by Gasteiger charge is 2.28. The van der Waals surface area contributed by atoms with Crippen LogP contribution in [0.3, 0.4) is 0 Å². The molecular formula is C19H22N2O2. The Morgan fingerprint density at radius 2 is 2.04 bits per heavy atom. The third-order valence-electron chi connectivity index (χ3n) is 4.17.